The maximum Gasteiger partial charge on any atom is 0.329 e. The maximum atomic E-state index is 11.8. The molecule has 1 atom stereocenters. The number of aromatic nitrogens is 3. The number of carboxylic acids is 1. The van der Waals surface area contributed by atoms with Crippen molar-refractivity contribution in [3.63, 3.8) is 0 Å². The summed E-state index contributed by atoms with van der Waals surface area (Å²) in [5.41, 5.74) is -0.463. The highest BCUT2D eigenvalue weighted by molar-refractivity contribution is 7.99. The molecule has 2 rings (SSSR count). The Kier molecular flexibility index (Phi) is 4.41. The van der Waals surface area contributed by atoms with Gasteiger partial charge in [-0.25, -0.2) is 9.78 Å². The molecule has 106 valence electrons. The second-order valence-corrected chi connectivity index (χ2v) is 5.26. The molecule has 0 aliphatic carbocycles. The second kappa shape index (κ2) is 6.06. The molecule has 1 heterocycles. The Morgan fingerprint density at radius 3 is 2.65 bits per heavy atom. The quantitative estimate of drug-likeness (QED) is 0.697. The van der Waals surface area contributed by atoms with Crippen molar-refractivity contribution in [2.75, 3.05) is 12.8 Å². The van der Waals surface area contributed by atoms with Crippen LogP contribution in [0.25, 0.3) is 0 Å². The molecule has 7 heteroatoms. The van der Waals surface area contributed by atoms with Gasteiger partial charge in [0.25, 0.3) is 0 Å². The zero-order valence-corrected chi connectivity index (χ0v) is 12.1. The first kappa shape index (κ1) is 14.5. The van der Waals surface area contributed by atoms with Gasteiger partial charge in [0.15, 0.2) is 5.54 Å². The van der Waals surface area contributed by atoms with Crippen LogP contribution in [0, 0.1) is 6.92 Å². The minimum absolute atomic E-state index is 0.292. The van der Waals surface area contributed by atoms with Crippen LogP contribution >= 0.6 is 11.8 Å². The van der Waals surface area contributed by atoms with Gasteiger partial charge in [-0.2, -0.15) is 0 Å². The topological polar surface area (TPSA) is 90.9 Å². The molecule has 2 aromatic rings. The van der Waals surface area contributed by atoms with E-state index in [1.807, 2.05) is 18.2 Å². The summed E-state index contributed by atoms with van der Waals surface area (Å²) in [6.07, 6.45) is 0. The SMILES string of the molecule is CNC(CSc1n[nH]c(C)n1)(C(=O)O)c1ccccc1. The highest BCUT2D eigenvalue weighted by atomic mass is 32.2. The van der Waals surface area contributed by atoms with E-state index in [-0.39, 0.29) is 0 Å². The third-order valence-electron chi connectivity index (χ3n) is 3.05. The number of thioether (sulfide) groups is 1. The minimum atomic E-state index is -1.17. The molecule has 0 saturated heterocycles. The number of rotatable bonds is 6. The van der Waals surface area contributed by atoms with Crippen LogP contribution in [-0.2, 0) is 10.3 Å². The van der Waals surface area contributed by atoms with Crippen molar-refractivity contribution in [2.45, 2.75) is 17.6 Å². The Labute approximate surface area is 121 Å². The standard InChI is InChI=1S/C13H16N4O2S/c1-9-15-12(17-16-9)20-8-13(14-2,11(18)19)10-6-4-3-5-7-10/h3-7,14H,8H2,1-2H3,(H,18,19)(H,15,16,17). The summed E-state index contributed by atoms with van der Waals surface area (Å²) in [5.74, 6) is 0.0729. The number of hydrogen-bond donors (Lipinski definition) is 3. The van der Waals surface area contributed by atoms with Crippen molar-refractivity contribution in [1.82, 2.24) is 20.5 Å². The van der Waals surface area contributed by atoms with E-state index in [1.54, 1.807) is 26.1 Å². The predicted molar refractivity (Wildman–Crippen MR) is 76.7 cm³/mol. The van der Waals surface area contributed by atoms with Crippen molar-refractivity contribution >= 4 is 17.7 Å². The fourth-order valence-electron chi connectivity index (χ4n) is 1.87. The normalized spacial score (nSPS) is 13.9. The molecule has 1 unspecified atom stereocenters. The molecule has 0 saturated carbocycles. The number of benzene rings is 1. The molecule has 0 fully saturated rings. The van der Waals surface area contributed by atoms with Gasteiger partial charge in [-0.3, -0.25) is 5.10 Å². The lowest BCUT2D eigenvalue weighted by atomic mass is 9.92. The van der Waals surface area contributed by atoms with Gasteiger partial charge in [0.2, 0.25) is 5.16 Å². The van der Waals surface area contributed by atoms with Crippen molar-refractivity contribution < 1.29 is 9.90 Å². The van der Waals surface area contributed by atoms with Crippen LogP contribution in [0.4, 0.5) is 0 Å². The zero-order valence-electron chi connectivity index (χ0n) is 11.3. The van der Waals surface area contributed by atoms with Gasteiger partial charge in [-0.05, 0) is 19.5 Å². The summed E-state index contributed by atoms with van der Waals surface area (Å²) in [4.78, 5) is 15.9. The summed E-state index contributed by atoms with van der Waals surface area (Å²) in [7, 11) is 1.64. The van der Waals surface area contributed by atoms with Gasteiger partial charge in [0.05, 0.1) is 0 Å². The van der Waals surface area contributed by atoms with Crippen LogP contribution in [0.3, 0.4) is 0 Å². The first-order chi connectivity index (χ1) is 9.58. The fraction of sp³-hybridized carbons (Fsp3) is 0.308. The monoisotopic (exact) mass is 292 g/mol. The summed E-state index contributed by atoms with van der Waals surface area (Å²) in [6, 6.07) is 9.11. The smallest absolute Gasteiger partial charge is 0.329 e. The van der Waals surface area contributed by atoms with Crippen LogP contribution in [0.15, 0.2) is 35.5 Å². The molecule has 20 heavy (non-hydrogen) atoms. The van der Waals surface area contributed by atoms with Crippen LogP contribution in [0.5, 0.6) is 0 Å². The predicted octanol–water partition coefficient (Wildman–Crippen LogP) is 1.40. The van der Waals surface area contributed by atoms with Gasteiger partial charge in [0, 0.05) is 5.75 Å². The third kappa shape index (κ3) is 2.83. The van der Waals surface area contributed by atoms with Crippen LogP contribution in [-0.4, -0.2) is 39.1 Å². The van der Waals surface area contributed by atoms with E-state index < -0.39 is 11.5 Å². The van der Waals surface area contributed by atoms with Gasteiger partial charge in [-0.15, -0.1) is 5.10 Å². The Balaban J connectivity index is 2.26. The summed E-state index contributed by atoms with van der Waals surface area (Å²) in [5, 5.41) is 19.9. The molecule has 6 nitrogen and oxygen atoms in total. The lowest BCUT2D eigenvalue weighted by Crippen LogP contribution is -2.49. The first-order valence-corrected chi connectivity index (χ1v) is 7.06. The summed E-state index contributed by atoms with van der Waals surface area (Å²) >= 11 is 1.30. The number of nitrogens with one attached hydrogen (secondary N) is 2. The zero-order chi connectivity index (χ0) is 14.6. The number of aryl methyl sites for hydroxylation is 1. The Bertz CT molecular complexity index is 587. The molecule has 1 aromatic carbocycles. The second-order valence-electron chi connectivity index (χ2n) is 4.32. The largest absolute Gasteiger partial charge is 0.480 e. The van der Waals surface area contributed by atoms with Crippen molar-refractivity contribution in [3.05, 3.63) is 41.7 Å². The number of hydrogen-bond acceptors (Lipinski definition) is 5. The minimum Gasteiger partial charge on any atom is -0.480 e. The van der Waals surface area contributed by atoms with Crippen LogP contribution in [0.1, 0.15) is 11.4 Å². The lowest BCUT2D eigenvalue weighted by Gasteiger charge is -2.28. The molecule has 0 radical (unpaired) electrons. The molecule has 3 N–H and O–H groups in total. The van der Waals surface area contributed by atoms with Gasteiger partial charge >= 0.3 is 5.97 Å². The van der Waals surface area contributed by atoms with E-state index in [1.165, 1.54) is 11.8 Å². The highest BCUT2D eigenvalue weighted by Crippen LogP contribution is 2.28. The van der Waals surface area contributed by atoms with Crippen molar-refractivity contribution in [3.8, 4) is 0 Å². The molecular weight excluding hydrogens is 276 g/mol. The Morgan fingerprint density at radius 1 is 1.45 bits per heavy atom. The van der Waals surface area contributed by atoms with Gasteiger partial charge < -0.3 is 10.4 Å². The Morgan fingerprint density at radius 2 is 2.15 bits per heavy atom. The average molecular weight is 292 g/mol. The molecule has 1 aromatic heterocycles. The Hall–Kier alpha value is -1.86. The number of H-pyrrole nitrogens is 1. The van der Waals surface area contributed by atoms with Crippen molar-refractivity contribution in [2.24, 2.45) is 0 Å². The van der Waals surface area contributed by atoms with E-state index in [9.17, 15) is 9.90 Å². The van der Waals surface area contributed by atoms with Crippen LogP contribution in [0.2, 0.25) is 0 Å². The van der Waals surface area contributed by atoms with E-state index >= 15 is 0 Å². The fourth-order valence-corrected chi connectivity index (χ4v) is 2.97. The summed E-state index contributed by atoms with van der Waals surface area (Å²) < 4.78 is 0. The van der Waals surface area contributed by atoms with E-state index in [4.69, 9.17) is 0 Å². The number of aromatic amines is 1. The van der Waals surface area contributed by atoms with Gasteiger partial charge in [0.1, 0.15) is 5.82 Å². The third-order valence-corrected chi connectivity index (χ3v) is 4.07. The lowest BCUT2D eigenvalue weighted by molar-refractivity contribution is -0.144. The highest BCUT2D eigenvalue weighted by Gasteiger charge is 2.39. The molecule has 0 spiro atoms. The molecule has 0 bridgehead atoms. The molecule has 0 aliphatic rings. The number of aliphatic carboxylic acids is 1. The molecular formula is C13H16N4O2S. The number of carboxylic acid groups (broad SMARTS) is 1. The first-order valence-electron chi connectivity index (χ1n) is 6.08. The van der Waals surface area contributed by atoms with E-state index in [0.29, 0.717) is 22.3 Å². The van der Waals surface area contributed by atoms with E-state index in [2.05, 4.69) is 20.5 Å². The van der Waals surface area contributed by atoms with E-state index in [0.717, 1.165) is 0 Å². The average Bonchev–Trinajstić information content (AvgIpc) is 2.87. The summed E-state index contributed by atoms with van der Waals surface area (Å²) in [6.45, 7) is 1.80. The number of carbonyl (C=O) groups is 1. The molecule has 0 aliphatic heterocycles. The maximum absolute atomic E-state index is 11.8. The van der Waals surface area contributed by atoms with Gasteiger partial charge in [-0.1, -0.05) is 42.1 Å². The number of nitrogens with zero attached hydrogens (tertiary/aromatic N) is 2. The molecule has 0 amide bonds. The number of likely N-dealkylation sites (N-methyl/N-ethyl adjacent to an activating group) is 1. The van der Waals surface area contributed by atoms with Crippen molar-refractivity contribution in [1.29, 1.82) is 0 Å². The van der Waals surface area contributed by atoms with Crippen LogP contribution < -0.4 is 5.32 Å².